The fourth-order valence-corrected chi connectivity index (χ4v) is 2.27. The zero-order valence-electron chi connectivity index (χ0n) is 12.3. The van der Waals surface area contributed by atoms with Crippen LogP contribution in [0.1, 0.15) is 23.6 Å². The van der Waals surface area contributed by atoms with Gasteiger partial charge in [0.2, 0.25) is 0 Å². The maximum absolute atomic E-state index is 4.05. The van der Waals surface area contributed by atoms with Crippen molar-refractivity contribution in [3.63, 3.8) is 0 Å². The van der Waals surface area contributed by atoms with E-state index in [-0.39, 0.29) is 0 Å². The molecule has 0 spiro atoms. The van der Waals surface area contributed by atoms with Crippen LogP contribution in [-0.4, -0.2) is 23.5 Å². The van der Waals surface area contributed by atoms with Crippen molar-refractivity contribution in [2.24, 2.45) is 0 Å². The first-order chi connectivity index (χ1) is 9.78. The molecule has 0 saturated carbocycles. The van der Waals surface area contributed by atoms with Crippen LogP contribution in [0.5, 0.6) is 0 Å². The fraction of sp³-hybridized carbons (Fsp3) is 0.353. The number of hydrogen-bond acceptors (Lipinski definition) is 3. The molecule has 1 N–H and O–H groups in total. The van der Waals surface area contributed by atoms with Crippen LogP contribution in [0.3, 0.4) is 0 Å². The molecular weight excluding hydrogens is 246 g/mol. The molecule has 1 aromatic carbocycles. The highest BCUT2D eigenvalue weighted by molar-refractivity contribution is 5.23. The largest absolute Gasteiger partial charge is 0.313 e. The molecule has 0 fully saturated rings. The third kappa shape index (κ3) is 4.76. The summed E-state index contributed by atoms with van der Waals surface area (Å²) in [6.45, 7) is 5.99. The topological polar surface area (TPSA) is 28.2 Å². The molecule has 1 heterocycles. The van der Waals surface area contributed by atoms with Crippen molar-refractivity contribution in [3.8, 4) is 0 Å². The quantitative estimate of drug-likeness (QED) is 0.838. The van der Waals surface area contributed by atoms with Crippen LogP contribution in [0.15, 0.2) is 48.8 Å². The molecule has 1 aromatic heterocycles. The van der Waals surface area contributed by atoms with E-state index in [1.54, 1.807) is 0 Å². The SMILES string of the molecule is CCNCc1cccc(CN(C)Cc2ccncc2)c1. The molecule has 3 nitrogen and oxygen atoms in total. The third-order valence-corrected chi connectivity index (χ3v) is 3.22. The van der Waals surface area contributed by atoms with Gasteiger partial charge >= 0.3 is 0 Å². The van der Waals surface area contributed by atoms with E-state index in [0.717, 1.165) is 26.2 Å². The summed E-state index contributed by atoms with van der Waals surface area (Å²) in [5.74, 6) is 0. The summed E-state index contributed by atoms with van der Waals surface area (Å²) < 4.78 is 0. The smallest absolute Gasteiger partial charge is 0.0271 e. The summed E-state index contributed by atoms with van der Waals surface area (Å²) in [5, 5.41) is 3.36. The number of hydrogen-bond donors (Lipinski definition) is 1. The maximum Gasteiger partial charge on any atom is 0.0271 e. The van der Waals surface area contributed by atoms with E-state index in [9.17, 15) is 0 Å². The van der Waals surface area contributed by atoms with Gasteiger partial charge in [0.25, 0.3) is 0 Å². The first kappa shape index (κ1) is 14.7. The van der Waals surface area contributed by atoms with Crippen molar-refractivity contribution in [2.45, 2.75) is 26.6 Å². The van der Waals surface area contributed by atoms with E-state index in [1.165, 1.54) is 16.7 Å². The second-order valence-corrected chi connectivity index (χ2v) is 5.13. The Morgan fingerprint density at radius 1 is 1.00 bits per heavy atom. The lowest BCUT2D eigenvalue weighted by Gasteiger charge is -2.17. The number of pyridine rings is 1. The summed E-state index contributed by atoms with van der Waals surface area (Å²) in [6, 6.07) is 12.9. The highest BCUT2D eigenvalue weighted by atomic mass is 15.1. The van der Waals surface area contributed by atoms with Crippen LogP contribution in [0, 0.1) is 0 Å². The van der Waals surface area contributed by atoms with Crippen LogP contribution in [0.4, 0.5) is 0 Å². The Balaban J connectivity index is 1.92. The Kier molecular flexibility index (Phi) is 5.71. The second kappa shape index (κ2) is 7.78. The summed E-state index contributed by atoms with van der Waals surface area (Å²) in [7, 11) is 2.15. The number of nitrogens with zero attached hydrogens (tertiary/aromatic N) is 2. The molecule has 0 radical (unpaired) electrons. The lowest BCUT2D eigenvalue weighted by atomic mass is 10.1. The van der Waals surface area contributed by atoms with Gasteiger partial charge in [-0.3, -0.25) is 9.88 Å². The molecule has 0 aliphatic rings. The Bertz CT molecular complexity index is 511. The number of aromatic nitrogens is 1. The van der Waals surface area contributed by atoms with Gasteiger partial charge in [-0.05, 0) is 42.4 Å². The van der Waals surface area contributed by atoms with Gasteiger partial charge in [0.1, 0.15) is 0 Å². The standard InChI is InChI=1S/C17H23N3/c1-3-18-12-16-5-4-6-17(11-16)14-20(2)13-15-7-9-19-10-8-15/h4-11,18H,3,12-14H2,1-2H3. The predicted molar refractivity (Wildman–Crippen MR) is 83.2 cm³/mol. The summed E-state index contributed by atoms with van der Waals surface area (Å²) in [5.41, 5.74) is 4.00. The molecule has 0 saturated heterocycles. The lowest BCUT2D eigenvalue weighted by Crippen LogP contribution is -2.17. The van der Waals surface area contributed by atoms with E-state index in [0.29, 0.717) is 0 Å². The van der Waals surface area contributed by atoms with E-state index in [1.807, 2.05) is 12.4 Å². The van der Waals surface area contributed by atoms with Crippen LogP contribution < -0.4 is 5.32 Å². The predicted octanol–water partition coefficient (Wildman–Crippen LogP) is 2.82. The Morgan fingerprint density at radius 2 is 1.70 bits per heavy atom. The Hall–Kier alpha value is -1.71. The molecule has 106 valence electrons. The molecule has 2 aromatic rings. The normalized spacial score (nSPS) is 10.9. The Morgan fingerprint density at radius 3 is 2.45 bits per heavy atom. The Labute approximate surface area is 121 Å². The van der Waals surface area contributed by atoms with Crippen LogP contribution in [-0.2, 0) is 19.6 Å². The van der Waals surface area contributed by atoms with Crippen LogP contribution in [0.25, 0.3) is 0 Å². The van der Waals surface area contributed by atoms with Crippen LogP contribution >= 0.6 is 0 Å². The van der Waals surface area contributed by atoms with E-state index in [2.05, 4.69) is 65.6 Å². The first-order valence-corrected chi connectivity index (χ1v) is 7.14. The molecule has 0 unspecified atom stereocenters. The van der Waals surface area contributed by atoms with Crippen molar-refractivity contribution in [3.05, 3.63) is 65.5 Å². The van der Waals surface area contributed by atoms with Gasteiger partial charge in [-0.1, -0.05) is 31.2 Å². The molecule has 0 amide bonds. The summed E-state index contributed by atoms with van der Waals surface area (Å²) in [4.78, 5) is 6.37. The van der Waals surface area contributed by atoms with Gasteiger partial charge in [0, 0.05) is 32.0 Å². The number of nitrogens with one attached hydrogen (secondary N) is 1. The zero-order valence-corrected chi connectivity index (χ0v) is 12.3. The fourth-order valence-electron chi connectivity index (χ4n) is 2.27. The summed E-state index contributed by atoms with van der Waals surface area (Å²) >= 11 is 0. The van der Waals surface area contributed by atoms with E-state index in [4.69, 9.17) is 0 Å². The van der Waals surface area contributed by atoms with Gasteiger partial charge in [0.15, 0.2) is 0 Å². The number of rotatable bonds is 7. The monoisotopic (exact) mass is 269 g/mol. The van der Waals surface area contributed by atoms with Crippen molar-refractivity contribution in [1.29, 1.82) is 0 Å². The second-order valence-electron chi connectivity index (χ2n) is 5.13. The lowest BCUT2D eigenvalue weighted by molar-refractivity contribution is 0.319. The van der Waals surface area contributed by atoms with Gasteiger partial charge < -0.3 is 5.32 Å². The molecule has 20 heavy (non-hydrogen) atoms. The summed E-state index contributed by atoms with van der Waals surface area (Å²) in [6.07, 6.45) is 3.69. The van der Waals surface area contributed by atoms with Crippen molar-refractivity contribution >= 4 is 0 Å². The average molecular weight is 269 g/mol. The molecule has 0 aliphatic carbocycles. The highest BCUT2D eigenvalue weighted by Gasteiger charge is 2.02. The zero-order chi connectivity index (χ0) is 14.2. The molecule has 0 bridgehead atoms. The molecule has 3 heteroatoms. The van der Waals surface area contributed by atoms with Gasteiger partial charge in [0.05, 0.1) is 0 Å². The molecule has 0 aliphatic heterocycles. The first-order valence-electron chi connectivity index (χ1n) is 7.14. The maximum atomic E-state index is 4.05. The average Bonchev–Trinajstić information content (AvgIpc) is 2.46. The minimum atomic E-state index is 0.943. The molecule has 2 rings (SSSR count). The van der Waals surface area contributed by atoms with E-state index >= 15 is 0 Å². The van der Waals surface area contributed by atoms with Gasteiger partial charge in [-0.2, -0.15) is 0 Å². The van der Waals surface area contributed by atoms with Crippen molar-refractivity contribution in [1.82, 2.24) is 15.2 Å². The number of benzene rings is 1. The molecule has 0 atom stereocenters. The third-order valence-electron chi connectivity index (χ3n) is 3.22. The van der Waals surface area contributed by atoms with Crippen LogP contribution in [0.2, 0.25) is 0 Å². The van der Waals surface area contributed by atoms with Crippen molar-refractivity contribution < 1.29 is 0 Å². The van der Waals surface area contributed by atoms with Gasteiger partial charge in [-0.15, -0.1) is 0 Å². The highest BCUT2D eigenvalue weighted by Crippen LogP contribution is 2.10. The van der Waals surface area contributed by atoms with Crippen molar-refractivity contribution in [2.75, 3.05) is 13.6 Å². The molecular formula is C17H23N3. The minimum absolute atomic E-state index is 0.943. The van der Waals surface area contributed by atoms with E-state index < -0.39 is 0 Å². The minimum Gasteiger partial charge on any atom is -0.313 e. The van der Waals surface area contributed by atoms with Gasteiger partial charge in [-0.25, -0.2) is 0 Å².